The molecule has 5 nitrogen and oxygen atoms in total. The Morgan fingerprint density at radius 2 is 1.89 bits per heavy atom. The van der Waals surface area contributed by atoms with E-state index in [1.807, 2.05) is 6.07 Å². The number of hydrogen-bond donors (Lipinski definition) is 1. The van der Waals surface area contributed by atoms with Crippen molar-refractivity contribution in [1.29, 1.82) is 5.26 Å². The van der Waals surface area contributed by atoms with Crippen molar-refractivity contribution in [2.45, 2.75) is 18.6 Å². The fraction of sp³-hybridized carbons (Fsp3) is 0.211. The van der Waals surface area contributed by atoms with Crippen molar-refractivity contribution < 1.29 is 27.5 Å². The van der Waals surface area contributed by atoms with Crippen LogP contribution >= 0.6 is 0 Å². The van der Waals surface area contributed by atoms with Crippen LogP contribution in [0.15, 0.2) is 48.5 Å². The van der Waals surface area contributed by atoms with E-state index in [9.17, 15) is 22.8 Å². The molecule has 0 aliphatic rings. The molecule has 2 aromatic rings. The van der Waals surface area contributed by atoms with Gasteiger partial charge in [-0.1, -0.05) is 18.2 Å². The fourth-order valence-electron chi connectivity index (χ4n) is 2.42. The van der Waals surface area contributed by atoms with E-state index in [0.29, 0.717) is 17.2 Å². The molecule has 0 spiro atoms. The summed E-state index contributed by atoms with van der Waals surface area (Å²) in [6, 6.07) is 11.1. The first kappa shape index (κ1) is 20.0. The van der Waals surface area contributed by atoms with Gasteiger partial charge in [0.25, 0.3) is 5.91 Å². The van der Waals surface area contributed by atoms with Crippen LogP contribution in [-0.4, -0.2) is 25.0 Å². The Kier molecular flexibility index (Phi) is 6.19. The number of carbonyl (C=O) groups is 2. The lowest BCUT2D eigenvalue weighted by Gasteiger charge is -2.17. The number of amides is 1. The quantitative estimate of drug-likeness (QED) is 0.814. The number of ether oxygens (including phenoxy) is 1. The van der Waals surface area contributed by atoms with Crippen LogP contribution in [0.3, 0.4) is 0 Å². The number of hydrogen-bond acceptors (Lipinski definition) is 4. The molecule has 1 N–H and O–H groups in total. The highest BCUT2D eigenvalue weighted by atomic mass is 19.4. The van der Waals surface area contributed by atoms with Crippen molar-refractivity contribution in [3.63, 3.8) is 0 Å². The Hall–Kier alpha value is -3.34. The highest BCUT2D eigenvalue weighted by Gasteiger charge is 2.31. The molecule has 1 atom stereocenters. The summed E-state index contributed by atoms with van der Waals surface area (Å²) in [5.41, 5.74) is -0.231. The number of rotatable bonds is 5. The first-order valence-electron chi connectivity index (χ1n) is 7.79. The monoisotopic (exact) mass is 376 g/mol. The molecule has 140 valence electrons. The molecular formula is C19H15F3N2O3. The normalized spacial score (nSPS) is 12.0. The maximum atomic E-state index is 12.8. The van der Waals surface area contributed by atoms with Crippen molar-refractivity contribution in [1.82, 2.24) is 5.32 Å². The van der Waals surface area contributed by atoms with E-state index in [2.05, 4.69) is 10.1 Å². The molecular weight excluding hydrogens is 361 g/mol. The highest BCUT2D eigenvalue weighted by molar-refractivity contribution is 5.97. The van der Waals surface area contributed by atoms with Gasteiger partial charge in [-0.2, -0.15) is 18.4 Å². The standard InChI is InChI=1S/C19H15F3N2O3/c1-27-18(26)16(9-12-4-2-5-13(8-12)11-23)24-17(25)14-6-3-7-15(10-14)19(20,21)22/h2-8,10,16H,9H2,1H3,(H,24,25)/t16-/m1/s1. The van der Waals surface area contributed by atoms with E-state index in [1.165, 1.54) is 6.07 Å². The smallest absolute Gasteiger partial charge is 0.416 e. The zero-order valence-electron chi connectivity index (χ0n) is 14.2. The Bertz CT molecular complexity index is 888. The van der Waals surface area contributed by atoms with Gasteiger partial charge in [0.15, 0.2) is 0 Å². The lowest BCUT2D eigenvalue weighted by Crippen LogP contribution is -2.43. The maximum absolute atomic E-state index is 12.8. The lowest BCUT2D eigenvalue weighted by molar-refractivity contribution is -0.143. The molecule has 8 heteroatoms. The third-order valence-corrected chi connectivity index (χ3v) is 3.74. The van der Waals surface area contributed by atoms with Gasteiger partial charge in [0.05, 0.1) is 24.3 Å². The van der Waals surface area contributed by atoms with Crippen LogP contribution in [0.1, 0.15) is 27.0 Å². The van der Waals surface area contributed by atoms with E-state index in [1.54, 1.807) is 24.3 Å². The summed E-state index contributed by atoms with van der Waals surface area (Å²) < 4.78 is 43.1. The van der Waals surface area contributed by atoms with Gasteiger partial charge >= 0.3 is 12.1 Å². The summed E-state index contributed by atoms with van der Waals surface area (Å²) >= 11 is 0. The molecule has 0 aromatic heterocycles. The highest BCUT2D eigenvalue weighted by Crippen LogP contribution is 2.29. The number of methoxy groups -OCH3 is 1. The van der Waals surface area contributed by atoms with Crippen LogP contribution in [-0.2, 0) is 22.1 Å². The number of benzene rings is 2. The summed E-state index contributed by atoms with van der Waals surface area (Å²) in [4.78, 5) is 24.3. The van der Waals surface area contributed by atoms with Gasteiger partial charge in [-0.3, -0.25) is 4.79 Å². The number of nitriles is 1. The lowest BCUT2D eigenvalue weighted by atomic mass is 10.0. The predicted molar refractivity (Wildman–Crippen MR) is 89.6 cm³/mol. The van der Waals surface area contributed by atoms with Crippen molar-refractivity contribution in [2.24, 2.45) is 0 Å². The molecule has 2 aromatic carbocycles. The SMILES string of the molecule is COC(=O)[C@@H](Cc1cccc(C#N)c1)NC(=O)c1cccc(C(F)(F)F)c1. The Labute approximate surface area is 153 Å². The molecule has 0 aliphatic heterocycles. The molecule has 0 unspecified atom stereocenters. The molecule has 0 saturated heterocycles. The number of nitrogens with one attached hydrogen (secondary N) is 1. The summed E-state index contributed by atoms with van der Waals surface area (Å²) in [5.74, 6) is -1.59. The van der Waals surface area contributed by atoms with Crippen LogP contribution in [0.4, 0.5) is 13.2 Å². The summed E-state index contributed by atoms with van der Waals surface area (Å²) in [5, 5.41) is 11.3. The summed E-state index contributed by atoms with van der Waals surface area (Å²) in [6.07, 6.45) is -4.57. The first-order chi connectivity index (χ1) is 12.7. The predicted octanol–water partition coefficient (Wildman–Crippen LogP) is 3.09. The number of esters is 1. The molecule has 0 aliphatic carbocycles. The topological polar surface area (TPSA) is 79.2 Å². The van der Waals surface area contributed by atoms with Gasteiger partial charge in [0, 0.05) is 12.0 Å². The first-order valence-corrected chi connectivity index (χ1v) is 7.79. The van der Waals surface area contributed by atoms with Crippen LogP contribution in [0.25, 0.3) is 0 Å². The third kappa shape index (κ3) is 5.31. The zero-order valence-corrected chi connectivity index (χ0v) is 14.2. The van der Waals surface area contributed by atoms with Gasteiger partial charge in [-0.25, -0.2) is 4.79 Å². The van der Waals surface area contributed by atoms with Crippen molar-refractivity contribution in [3.8, 4) is 6.07 Å². The van der Waals surface area contributed by atoms with E-state index in [-0.39, 0.29) is 12.0 Å². The number of halogens is 3. The average Bonchev–Trinajstić information content (AvgIpc) is 2.66. The van der Waals surface area contributed by atoms with E-state index in [0.717, 1.165) is 19.2 Å². The van der Waals surface area contributed by atoms with E-state index >= 15 is 0 Å². The van der Waals surface area contributed by atoms with Crippen LogP contribution in [0.5, 0.6) is 0 Å². The number of nitrogens with zero attached hydrogens (tertiary/aromatic N) is 1. The van der Waals surface area contributed by atoms with Crippen LogP contribution in [0.2, 0.25) is 0 Å². The minimum Gasteiger partial charge on any atom is -0.467 e. The second-order valence-corrected chi connectivity index (χ2v) is 5.64. The third-order valence-electron chi connectivity index (χ3n) is 3.74. The summed E-state index contributed by atoms with van der Waals surface area (Å²) in [6.45, 7) is 0. The molecule has 27 heavy (non-hydrogen) atoms. The molecule has 0 saturated carbocycles. The second kappa shape index (κ2) is 8.36. The largest absolute Gasteiger partial charge is 0.467 e. The second-order valence-electron chi connectivity index (χ2n) is 5.64. The fourth-order valence-corrected chi connectivity index (χ4v) is 2.42. The molecule has 0 bridgehead atoms. The van der Waals surface area contributed by atoms with Gasteiger partial charge in [-0.05, 0) is 35.9 Å². The maximum Gasteiger partial charge on any atom is 0.416 e. The van der Waals surface area contributed by atoms with Crippen LogP contribution < -0.4 is 5.32 Å². The van der Waals surface area contributed by atoms with Crippen molar-refractivity contribution >= 4 is 11.9 Å². The molecule has 0 heterocycles. The Morgan fingerprint density at radius 1 is 1.19 bits per heavy atom. The molecule has 0 radical (unpaired) electrons. The number of alkyl halides is 3. The Balaban J connectivity index is 2.22. The van der Waals surface area contributed by atoms with E-state index < -0.39 is 29.7 Å². The van der Waals surface area contributed by atoms with Crippen molar-refractivity contribution in [2.75, 3.05) is 7.11 Å². The van der Waals surface area contributed by atoms with Crippen LogP contribution in [0, 0.1) is 11.3 Å². The minimum atomic E-state index is -4.59. The van der Waals surface area contributed by atoms with Crippen molar-refractivity contribution in [3.05, 3.63) is 70.8 Å². The Morgan fingerprint density at radius 3 is 2.52 bits per heavy atom. The number of carbonyl (C=O) groups excluding carboxylic acids is 2. The zero-order chi connectivity index (χ0) is 20.0. The summed E-state index contributed by atoms with van der Waals surface area (Å²) in [7, 11) is 1.14. The average molecular weight is 376 g/mol. The molecule has 2 rings (SSSR count). The van der Waals surface area contributed by atoms with Gasteiger partial charge in [0.2, 0.25) is 0 Å². The van der Waals surface area contributed by atoms with Gasteiger partial charge in [-0.15, -0.1) is 0 Å². The minimum absolute atomic E-state index is 0.0207. The van der Waals surface area contributed by atoms with Gasteiger partial charge in [0.1, 0.15) is 6.04 Å². The van der Waals surface area contributed by atoms with Gasteiger partial charge < -0.3 is 10.1 Å². The molecule has 0 fully saturated rings. The van der Waals surface area contributed by atoms with E-state index in [4.69, 9.17) is 5.26 Å². The molecule has 1 amide bonds.